The van der Waals surface area contributed by atoms with Crippen molar-refractivity contribution in [2.75, 3.05) is 37.0 Å². The molecule has 1 aliphatic rings. The van der Waals surface area contributed by atoms with Gasteiger partial charge < -0.3 is 20.1 Å². The van der Waals surface area contributed by atoms with Crippen LogP contribution in [0.15, 0.2) is 18.2 Å². The third-order valence-corrected chi connectivity index (χ3v) is 2.86. The van der Waals surface area contributed by atoms with Crippen molar-refractivity contribution in [2.45, 2.75) is 12.6 Å². The zero-order valence-electron chi connectivity index (χ0n) is 11.2. The summed E-state index contributed by atoms with van der Waals surface area (Å²) in [4.78, 5) is 13.3. The highest BCUT2D eigenvalue weighted by atomic mass is 19.4. The quantitative estimate of drug-likeness (QED) is 0.667. The van der Waals surface area contributed by atoms with Crippen LogP contribution < -0.4 is 15.4 Å². The van der Waals surface area contributed by atoms with E-state index in [1.165, 1.54) is 4.90 Å². The number of hydrogen-bond acceptors (Lipinski definition) is 4. The Morgan fingerprint density at radius 1 is 1.38 bits per heavy atom. The van der Waals surface area contributed by atoms with Crippen molar-refractivity contribution in [1.82, 2.24) is 0 Å². The predicted molar refractivity (Wildman–Crippen MR) is 70.2 cm³/mol. The fourth-order valence-electron chi connectivity index (χ4n) is 1.98. The van der Waals surface area contributed by atoms with Gasteiger partial charge in [0.25, 0.3) is 5.91 Å². The van der Waals surface area contributed by atoms with Gasteiger partial charge in [-0.05, 0) is 18.6 Å². The van der Waals surface area contributed by atoms with Crippen LogP contribution in [0.1, 0.15) is 6.42 Å². The van der Waals surface area contributed by atoms with Crippen molar-refractivity contribution in [1.29, 1.82) is 0 Å². The van der Waals surface area contributed by atoms with E-state index in [4.69, 9.17) is 10.5 Å². The Balaban J connectivity index is 1.90. The first-order valence-electron chi connectivity index (χ1n) is 6.34. The Morgan fingerprint density at radius 3 is 2.86 bits per heavy atom. The van der Waals surface area contributed by atoms with Crippen LogP contribution in [0.25, 0.3) is 0 Å². The molecule has 0 aromatic heterocycles. The van der Waals surface area contributed by atoms with E-state index in [1.54, 1.807) is 18.2 Å². The number of carbonyl (C=O) groups is 1. The van der Waals surface area contributed by atoms with Crippen LogP contribution in [0.3, 0.4) is 0 Å². The lowest BCUT2D eigenvalue weighted by Crippen LogP contribution is -2.39. The number of carbonyl (C=O) groups excluding carboxylic acids is 1. The lowest BCUT2D eigenvalue weighted by molar-refractivity contribution is -0.173. The molecule has 0 unspecified atom stereocenters. The summed E-state index contributed by atoms with van der Waals surface area (Å²) in [5.74, 6) is 0.244. The van der Waals surface area contributed by atoms with Gasteiger partial charge in [-0.2, -0.15) is 13.2 Å². The highest BCUT2D eigenvalue weighted by molar-refractivity contribution is 5.98. The predicted octanol–water partition coefficient (Wildman–Crippen LogP) is 1.96. The number of benzene rings is 1. The molecule has 0 spiro atoms. The maximum absolute atomic E-state index is 11.9. The largest absolute Gasteiger partial charge is 0.481 e. The fourth-order valence-corrected chi connectivity index (χ4v) is 1.98. The van der Waals surface area contributed by atoms with Crippen LogP contribution in [-0.4, -0.2) is 38.4 Å². The van der Waals surface area contributed by atoms with E-state index in [0.29, 0.717) is 23.5 Å². The number of nitrogen functional groups attached to an aromatic ring is 1. The third kappa shape index (κ3) is 4.25. The van der Waals surface area contributed by atoms with Crippen LogP contribution in [0.4, 0.5) is 24.5 Å². The van der Waals surface area contributed by atoms with Crippen LogP contribution in [0.5, 0.6) is 5.75 Å². The number of halogens is 3. The number of rotatable bonds is 5. The SMILES string of the molecule is Nc1ccc2c(c1)OCC(=O)N2CCCOCC(F)(F)F. The van der Waals surface area contributed by atoms with Crippen LogP contribution in [0, 0.1) is 0 Å². The van der Waals surface area contributed by atoms with E-state index in [0.717, 1.165) is 0 Å². The highest BCUT2D eigenvalue weighted by Crippen LogP contribution is 2.33. The first-order valence-corrected chi connectivity index (χ1v) is 6.34. The van der Waals surface area contributed by atoms with Gasteiger partial charge in [-0.25, -0.2) is 0 Å². The van der Waals surface area contributed by atoms with E-state index < -0.39 is 12.8 Å². The lowest BCUT2D eigenvalue weighted by Gasteiger charge is -2.29. The molecule has 0 bridgehead atoms. The summed E-state index contributed by atoms with van der Waals surface area (Å²) >= 11 is 0. The molecule has 8 heteroatoms. The summed E-state index contributed by atoms with van der Waals surface area (Å²) < 4.78 is 45.5. The molecule has 2 rings (SSSR count). The summed E-state index contributed by atoms with van der Waals surface area (Å²) in [6.45, 7) is -1.21. The molecular formula is C13H15F3N2O3. The van der Waals surface area contributed by atoms with Crippen molar-refractivity contribution in [2.24, 2.45) is 0 Å². The summed E-state index contributed by atoms with van der Waals surface area (Å²) in [5.41, 5.74) is 6.71. The number of ether oxygens (including phenoxy) is 2. The van der Waals surface area contributed by atoms with Gasteiger partial charge in [-0.15, -0.1) is 0 Å². The number of amides is 1. The second kappa shape index (κ2) is 6.21. The van der Waals surface area contributed by atoms with Gasteiger partial charge in [-0.1, -0.05) is 0 Å². The molecule has 1 aliphatic heterocycles. The van der Waals surface area contributed by atoms with E-state index >= 15 is 0 Å². The van der Waals surface area contributed by atoms with Crippen molar-refractivity contribution < 1.29 is 27.4 Å². The minimum atomic E-state index is -4.33. The van der Waals surface area contributed by atoms with Crippen molar-refractivity contribution >= 4 is 17.3 Å². The number of anilines is 2. The van der Waals surface area contributed by atoms with Gasteiger partial charge >= 0.3 is 6.18 Å². The van der Waals surface area contributed by atoms with E-state index in [9.17, 15) is 18.0 Å². The van der Waals surface area contributed by atoms with Gasteiger partial charge in [0.05, 0.1) is 5.69 Å². The number of fused-ring (bicyclic) bond motifs is 1. The van der Waals surface area contributed by atoms with E-state index in [2.05, 4.69) is 4.74 Å². The molecule has 1 amide bonds. The topological polar surface area (TPSA) is 64.8 Å². The summed E-state index contributed by atoms with van der Waals surface area (Å²) in [7, 11) is 0. The standard InChI is InChI=1S/C13H15F3N2O3/c14-13(15,16)8-20-5-1-4-18-10-3-2-9(17)6-11(10)21-7-12(18)19/h2-3,6H,1,4-5,7-8,17H2. The Bertz CT molecular complexity index is 520. The highest BCUT2D eigenvalue weighted by Gasteiger charge is 2.28. The third-order valence-electron chi connectivity index (χ3n) is 2.86. The molecule has 0 saturated carbocycles. The Morgan fingerprint density at radius 2 is 2.14 bits per heavy atom. The van der Waals surface area contributed by atoms with Gasteiger partial charge in [-0.3, -0.25) is 4.79 Å². The molecule has 1 aromatic carbocycles. The molecule has 0 aliphatic carbocycles. The van der Waals surface area contributed by atoms with Crippen LogP contribution >= 0.6 is 0 Å². The number of alkyl halides is 3. The Hall–Kier alpha value is -1.96. The molecule has 0 radical (unpaired) electrons. The number of nitrogens with two attached hydrogens (primary N) is 1. The average molecular weight is 304 g/mol. The Kier molecular flexibility index (Phi) is 4.56. The fraction of sp³-hybridized carbons (Fsp3) is 0.462. The molecule has 1 heterocycles. The molecular weight excluding hydrogens is 289 g/mol. The maximum atomic E-state index is 11.9. The summed E-state index contributed by atoms with van der Waals surface area (Å²) in [6.07, 6.45) is -4.04. The molecule has 1 aromatic rings. The summed E-state index contributed by atoms with van der Waals surface area (Å²) in [5, 5.41) is 0. The smallest absolute Gasteiger partial charge is 0.411 e. The van der Waals surface area contributed by atoms with Gasteiger partial charge in [0, 0.05) is 24.9 Å². The molecule has 0 atom stereocenters. The first-order chi connectivity index (χ1) is 9.87. The zero-order chi connectivity index (χ0) is 15.5. The molecule has 2 N–H and O–H groups in total. The molecule has 116 valence electrons. The minimum Gasteiger partial charge on any atom is -0.481 e. The number of hydrogen-bond donors (Lipinski definition) is 1. The molecule has 0 saturated heterocycles. The average Bonchev–Trinajstić information content (AvgIpc) is 2.39. The maximum Gasteiger partial charge on any atom is 0.411 e. The van der Waals surface area contributed by atoms with Crippen LogP contribution in [0.2, 0.25) is 0 Å². The molecule has 21 heavy (non-hydrogen) atoms. The second-order valence-corrected chi connectivity index (χ2v) is 4.58. The second-order valence-electron chi connectivity index (χ2n) is 4.58. The van der Waals surface area contributed by atoms with Gasteiger partial charge in [0.2, 0.25) is 0 Å². The van der Waals surface area contributed by atoms with Crippen LogP contribution in [-0.2, 0) is 9.53 Å². The lowest BCUT2D eigenvalue weighted by atomic mass is 10.2. The zero-order valence-corrected chi connectivity index (χ0v) is 11.2. The van der Waals surface area contributed by atoms with Gasteiger partial charge in [0.15, 0.2) is 6.61 Å². The molecule has 5 nitrogen and oxygen atoms in total. The number of nitrogens with zero attached hydrogens (tertiary/aromatic N) is 1. The van der Waals surface area contributed by atoms with E-state index in [1.807, 2.05) is 0 Å². The minimum absolute atomic E-state index is 0.0749. The van der Waals surface area contributed by atoms with Crippen molar-refractivity contribution in [3.05, 3.63) is 18.2 Å². The summed E-state index contributed by atoms with van der Waals surface area (Å²) in [6, 6.07) is 4.89. The Labute approximate surface area is 119 Å². The monoisotopic (exact) mass is 304 g/mol. The van der Waals surface area contributed by atoms with Crippen molar-refractivity contribution in [3.63, 3.8) is 0 Å². The van der Waals surface area contributed by atoms with E-state index in [-0.39, 0.29) is 25.7 Å². The first kappa shape index (κ1) is 15.4. The van der Waals surface area contributed by atoms with Crippen molar-refractivity contribution in [3.8, 4) is 5.75 Å². The molecule has 0 fully saturated rings. The van der Waals surface area contributed by atoms with Gasteiger partial charge in [0.1, 0.15) is 12.4 Å². The normalized spacial score (nSPS) is 14.8.